The minimum Gasteiger partial charge on any atom is -0.479 e. The van der Waals surface area contributed by atoms with E-state index in [1.807, 2.05) is 37.3 Å². The van der Waals surface area contributed by atoms with Gasteiger partial charge in [-0.25, -0.2) is 4.79 Å². The molecule has 3 rings (SSSR count). The number of nitrogens with zero attached hydrogens (tertiary/aromatic N) is 1. The van der Waals surface area contributed by atoms with Crippen LogP contribution in [0.25, 0.3) is 10.9 Å². The highest BCUT2D eigenvalue weighted by atomic mass is 16.5. The van der Waals surface area contributed by atoms with Gasteiger partial charge in [-0.05, 0) is 36.1 Å². The predicted molar refractivity (Wildman–Crippen MR) is 106 cm³/mol. The van der Waals surface area contributed by atoms with Crippen LogP contribution in [0.2, 0.25) is 0 Å². The van der Waals surface area contributed by atoms with Crippen LogP contribution in [0.3, 0.4) is 0 Å². The number of fused-ring (bicyclic) bond motifs is 1. The molecule has 0 bridgehead atoms. The number of aromatic nitrogens is 1. The summed E-state index contributed by atoms with van der Waals surface area (Å²) in [6.45, 7) is 2.92. The molecule has 0 radical (unpaired) electrons. The molecule has 0 aliphatic carbocycles. The molecule has 6 N–H and O–H groups in total. The fraction of sp³-hybridized carbons (Fsp3) is 0.286. The van der Waals surface area contributed by atoms with Gasteiger partial charge in [0.2, 0.25) is 0 Å². The third kappa shape index (κ3) is 5.17. The van der Waals surface area contributed by atoms with Crippen LogP contribution in [0.4, 0.5) is 0 Å². The SMILES string of the molecule is Cc1[nH]c2ccccc2c1CCN(O)Cc1ccc(CC(O)C(=O)O)cc1.O. The molecule has 0 saturated carbocycles. The van der Waals surface area contributed by atoms with E-state index in [-0.39, 0.29) is 11.9 Å². The number of carboxylic acids is 1. The standard InChI is InChI=1S/C21H24N2O4.H2O/c1-14-17(18-4-2-3-5-19(18)22-14)10-11-23(27)13-16-8-6-15(7-9-16)12-20(24)21(25)26;/h2-9,20,22,24,27H,10-13H2,1H3,(H,25,26);1H2. The van der Waals surface area contributed by atoms with E-state index in [1.54, 1.807) is 12.1 Å². The third-order valence-electron chi connectivity index (χ3n) is 4.75. The Labute approximate surface area is 163 Å². The van der Waals surface area contributed by atoms with Gasteiger partial charge >= 0.3 is 5.97 Å². The van der Waals surface area contributed by atoms with Gasteiger partial charge in [0.25, 0.3) is 0 Å². The van der Waals surface area contributed by atoms with E-state index in [2.05, 4.69) is 11.1 Å². The van der Waals surface area contributed by atoms with Crippen LogP contribution in [0.1, 0.15) is 22.4 Å². The number of aliphatic carboxylic acids is 1. The zero-order chi connectivity index (χ0) is 19.4. The van der Waals surface area contributed by atoms with Gasteiger partial charge in [-0.15, -0.1) is 0 Å². The summed E-state index contributed by atoms with van der Waals surface area (Å²) in [5.41, 5.74) is 5.09. The number of benzene rings is 2. The van der Waals surface area contributed by atoms with Crippen molar-refractivity contribution < 1.29 is 25.7 Å². The van der Waals surface area contributed by atoms with Gasteiger partial charge in [-0.3, -0.25) is 0 Å². The van der Waals surface area contributed by atoms with Crippen molar-refractivity contribution in [2.24, 2.45) is 0 Å². The Morgan fingerprint density at radius 1 is 1.11 bits per heavy atom. The summed E-state index contributed by atoms with van der Waals surface area (Å²) in [4.78, 5) is 14.1. The molecule has 0 saturated heterocycles. The number of hydroxylamine groups is 2. The maximum absolute atomic E-state index is 10.7. The Kier molecular flexibility index (Phi) is 7.31. The molecule has 1 heterocycles. The van der Waals surface area contributed by atoms with Crippen LogP contribution in [0, 0.1) is 6.92 Å². The number of hydrogen-bond acceptors (Lipinski definition) is 4. The second-order valence-corrected chi connectivity index (χ2v) is 6.79. The van der Waals surface area contributed by atoms with Crippen molar-refractivity contribution in [3.63, 3.8) is 0 Å². The first-order valence-electron chi connectivity index (χ1n) is 8.92. The van der Waals surface area contributed by atoms with Crippen molar-refractivity contribution in [3.05, 3.63) is 70.9 Å². The van der Waals surface area contributed by atoms with Gasteiger partial charge in [0.15, 0.2) is 6.10 Å². The minimum absolute atomic E-state index is 0. The van der Waals surface area contributed by atoms with E-state index in [0.29, 0.717) is 13.1 Å². The van der Waals surface area contributed by atoms with Gasteiger partial charge in [0.05, 0.1) is 0 Å². The molecule has 150 valence electrons. The Morgan fingerprint density at radius 3 is 2.43 bits per heavy atom. The predicted octanol–water partition coefficient (Wildman–Crippen LogP) is 2.07. The zero-order valence-corrected chi connectivity index (χ0v) is 15.7. The number of aliphatic hydroxyl groups is 1. The van der Waals surface area contributed by atoms with Crippen molar-refractivity contribution in [2.75, 3.05) is 6.54 Å². The molecule has 0 aliphatic heterocycles. The van der Waals surface area contributed by atoms with E-state index in [9.17, 15) is 15.1 Å². The van der Waals surface area contributed by atoms with E-state index >= 15 is 0 Å². The topological polar surface area (TPSA) is 128 Å². The van der Waals surface area contributed by atoms with Crippen molar-refractivity contribution >= 4 is 16.9 Å². The molecule has 0 fully saturated rings. The smallest absolute Gasteiger partial charge is 0.332 e. The summed E-state index contributed by atoms with van der Waals surface area (Å²) in [5, 5.41) is 30.9. The fourth-order valence-corrected chi connectivity index (χ4v) is 3.28. The molecule has 7 nitrogen and oxygen atoms in total. The number of aromatic amines is 1. The number of carbonyl (C=O) groups is 1. The third-order valence-corrected chi connectivity index (χ3v) is 4.75. The number of aliphatic hydroxyl groups excluding tert-OH is 1. The largest absolute Gasteiger partial charge is 0.479 e. The second kappa shape index (κ2) is 9.48. The maximum Gasteiger partial charge on any atom is 0.332 e. The van der Waals surface area contributed by atoms with Gasteiger partial charge in [0.1, 0.15) is 0 Å². The Hall–Kier alpha value is -2.71. The summed E-state index contributed by atoms with van der Waals surface area (Å²) in [5.74, 6) is -1.23. The first kappa shape index (κ1) is 21.6. The van der Waals surface area contributed by atoms with Crippen LogP contribution >= 0.6 is 0 Å². The number of rotatable bonds is 8. The zero-order valence-electron chi connectivity index (χ0n) is 15.7. The minimum atomic E-state index is -1.40. The van der Waals surface area contributed by atoms with E-state index in [0.717, 1.165) is 28.8 Å². The number of carboxylic acid groups (broad SMARTS) is 1. The summed E-state index contributed by atoms with van der Waals surface area (Å²) in [6.07, 6.45) is -0.599. The lowest BCUT2D eigenvalue weighted by atomic mass is 10.1. The van der Waals surface area contributed by atoms with Crippen molar-refractivity contribution in [3.8, 4) is 0 Å². The van der Waals surface area contributed by atoms with Gasteiger partial charge in [0, 0.05) is 36.1 Å². The Balaban J connectivity index is 0.00000280. The van der Waals surface area contributed by atoms with Crippen LogP contribution in [-0.2, 0) is 24.2 Å². The summed E-state index contributed by atoms with van der Waals surface area (Å²) in [7, 11) is 0. The van der Waals surface area contributed by atoms with Crippen molar-refractivity contribution in [2.45, 2.75) is 32.4 Å². The molecule has 1 unspecified atom stereocenters. The lowest BCUT2D eigenvalue weighted by molar-refractivity contribution is -0.146. The molecule has 1 atom stereocenters. The molecule has 1 aromatic heterocycles. The second-order valence-electron chi connectivity index (χ2n) is 6.79. The number of nitrogens with one attached hydrogen (secondary N) is 1. The quantitative estimate of drug-likeness (QED) is 0.441. The number of aryl methyl sites for hydroxylation is 1. The average molecular weight is 386 g/mol. The number of hydrogen-bond donors (Lipinski definition) is 4. The fourth-order valence-electron chi connectivity index (χ4n) is 3.28. The molecular formula is C21H26N2O5. The molecule has 7 heteroatoms. The number of H-pyrrole nitrogens is 1. The van der Waals surface area contributed by atoms with Crippen LogP contribution in [0.15, 0.2) is 48.5 Å². The Bertz CT molecular complexity index is 920. The van der Waals surface area contributed by atoms with Gasteiger partial charge < -0.3 is 25.9 Å². The van der Waals surface area contributed by atoms with Crippen molar-refractivity contribution in [1.82, 2.24) is 10.0 Å². The van der Waals surface area contributed by atoms with Gasteiger partial charge in [-0.1, -0.05) is 42.5 Å². The van der Waals surface area contributed by atoms with E-state index in [1.165, 1.54) is 16.0 Å². The monoisotopic (exact) mass is 386 g/mol. The lowest BCUT2D eigenvalue weighted by Gasteiger charge is -2.15. The molecule has 0 aliphatic rings. The number of para-hydroxylation sites is 1. The van der Waals surface area contributed by atoms with Crippen molar-refractivity contribution in [1.29, 1.82) is 0 Å². The highest BCUT2D eigenvalue weighted by Crippen LogP contribution is 2.22. The summed E-state index contributed by atoms with van der Waals surface area (Å²) < 4.78 is 0. The first-order chi connectivity index (χ1) is 12.9. The highest BCUT2D eigenvalue weighted by molar-refractivity contribution is 5.84. The van der Waals surface area contributed by atoms with E-state index in [4.69, 9.17) is 5.11 Å². The first-order valence-corrected chi connectivity index (χ1v) is 8.92. The molecule has 0 spiro atoms. The highest BCUT2D eigenvalue weighted by Gasteiger charge is 2.14. The van der Waals surface area contributed by atoms with Gasteiger partial charge in [-0.2, -0.15) is 5.06 Å². The maximum atomic E-state index is 10.7. The normalized spacial score (nSPS) is 12.1. The summed E-state index contributed by atoms with van der Waals surface area (Å²) >= 11 is 0. The van der Waals surface area contributed by atoms with E-state index < -0.39 is 12.1 Å². The molecule has 2 aromatic carbocycles. The molecule has 28 heavy (non-hydrogen) atoms. The Morgan fingerprint density at radius 2 is 1.75 bits per heavy atom. The lowest BCUT2D eigenvalue weighted by Crippen LogP contribution is -2.22. The average Bonchev–Trinajstić information content (AvgIpc) is 2.96. The molecule has 0 amide bonds. The van der Waals surface area contributed by atoms with Crippen LogP contribution in [-0.4, -0.2) is 49.6 Å². The summed E-state index contributed by atoms with van der Waals surface area (Å²) in [6, 6.07) is 15.4. The molecule has 3 aromatic rings. The van der Waals surface area contributed by atoms with Crippen LogP contribution < -0.4 is 0 Å². The van der Waals surface area contributed by atoms with Crippen LogP contribution in [0.5, 0.6) is 0 Å². The molecular weight excluding hydrogens is 360 g/mol.